The van der Waals surface area contributed by atoms with E-state index in [2.05, 4.69) is 15.3 Å². The van der Waals surface area contributed by atoms with E-state index in [0.717, 1.165) is 16.6 Å². The maximum Gasteiger partial charge on any atom is 0.347 e. The van der Waals surface area contributed by atoms with Gasteiger partial charge in [0.15, 0.2) is 0 Å². The van der Waals surface area contributed by atoms with Crippen molar-refractivity contribution in [3.05, 3.63) is 64.0 Å². The van der Waals surface area contributed by atoms with Crippen LogP contribution in [-0.2, 0) is 0 Å². The van der Waals surface area contributed by atoms with Gasteiger partial charge in [-0.2, -0.15) is 4.98 Å². The molecule has 1 heterocycles. The van der Waals surface area contributed by atoms with E-state index in [4.69, 9.17) is 11.6 Å². The van der Waals surface area contributed by atoms with Gasteiger partial charge in [0.2, 0.25) is 0 Å². The Kier molecular flexibility index (Phi) is 2.93. The summed E-state index contributed by atoms with van der Waals surface area (Å²) >= 11 is 5.84. The zero-order valence-corrected chi connectivity index (χ0v) is 10.6. The molecule has 3 rings (SSSR count). The van der Waals surface area contributed by atoms with Crippen molar-refractivity contribution in [2.45, 2.75) is 0 Å². The van der Waals surface area contributed by atoms with Crippen LogP contribution in [0, 0.1) is 0 Å². The quantitative estimate of drug-likeness (QED) is 0.752. The predicted molar refractivity (Wildman–Crippen MR) is 77.1 cm³/mol. The van der Waals surface area contributed by atoms with Gasteiger partial charge in [-0.15, -0.1) is 0 Å². The number of fused-ring (bicyclic) bond motifs is 1. The number of nitrogens with zero attached hydrogens (tertiary/aromatic N) is 1. The molecule has 0 unspecified atom stereocenters. The van der Waals surface area contributed by atoms with Crippen LogP contribution in [-0.4, -0.2) is 9.97 Å². The molecule has 2 aromatic carbocycles. The number of anilines is 2. The van der Waals surface area contributed by atoms with Crippen LogP contribution in [0.5, 0.6) is 0 Å². The number of benzene rings is 2. The predicted octanol–water partition coefficient (Wildman–Crippen LogP) is 3.32. The van der Waals surface area contributed by atoms with Crippen molar-refractivity contribution in [3.8, 4) is 0 Å². The van der Waals surface area contributed by atoms with Crippen LogP contribution in [0.4, 0.5) is 11.5 Å². The molecule has 0 bridgehead atoms. The summed E-state index contributed by atoms with van der Waals surface area (Å²) in [6, 6.07) is 14.7. The molecular formula is C14H10ClN3O. The minimum Gasteiger partial charge on any atom is -0.339 e. The van der Waals surface area contributed by atoms with Crippen LogP contribution in [0.25, 0.3) is 10.9 Å². The third-order valence-corrected chi connectivity index (χ3v) is 3.00. The molecule has 5 heteroatoms. The van der Waals surface area contributed by atoms with Gasteiger partial charge < -0.3 is 10.3 Å². The Morgan fingerprint density at radius 3 is 2.58 bits per heavy atom. The van der Waals surface area contributed by atoms with E-state index in [0.29, 0.717) is 10.8 Å². The number of nitrogens with one attached hydrogen (secondary N) is 2. The largest absolute Gasteiger partial charge is 0.347 e. The highest BCUT2D eigenvalue weighted by atomic mass is 35.5. The van der Waals surface area contributed by atoms with E-state index in [1.54, 1.807) is 12.1 Å². The second-order valence-corrected chi connectivity index (χ2v) is 4.50. The first-order valence-electron chi connectivity index (χ1n) is 5.74. The summed E-state index contributed by atoms with van der Waals surface area (Å²) < 4.78 is 0. The van der Waals surface area contributed by atoms with Gasteiger partial charge in [-0.05, 0) is 36.4 Å². The van der Waals surface area contributed by atoms with E-state index in [1.807, 2.05) is 36.4 Å². The van der Waals surface area contributed by atoms with Crippen molar-refractivity contribution in [2.24, 2.45) is 0 Å². The van der Waals surface area contributed by atoms with Gasteiger partial charge in [0.25, 0.3) is 0 Å². The van der Waals surface area contributed by atoms with Gasteiger partial charge in [-0.25, -0.2) is 4.79 Å². The van der Waals surface area contributed by atoms with Crippen LogP contribution in [0.15, 0.2) is 53.3 Å². The Bertz CT molecular complexity index is 781. The maximum atomic E-state index is 11.5. The monoisotopic (exact) mass is 271 g/mol. The van der Waals surface area contributed by atoms with Crippen LogP contribution in [0.2, 0.25) is 5.02 Å². The molecule has 0 amide bonds. The number of rotatable bonds is 2. The Morgan fingerprint density at radius 1 is 1.05 bits per heavy atom. The first kappa shape index (κ1) is 11.7. The summed E-state index contributed by atoms with van der Waals surface area (Å²) in [5.41, 5.74) is 1.20. The fourth-order valence-electron chi connectivity index (χ4n) is 1.87. The number of aromatic nitrogens is 2. The summed E-state index contributed by atoms with van der Waals surface area (Å²) in [5.74, 6) is 0.529. The number of hydrogen-bond acceptors (Lipinski definition) is 3. The normalized spacial score (nSPS) is 10.6. The van der Waals surface area contributed by atoms with E-state index >= 15 is 0 Å². The molecule has 0 aliphatic heterocycles. The van der Waals surface area contributed by atoms with E-state index in [1.165, 1.54) is 0 Å². The van der Waals surface area contributed by atoms with Gasteiger partial charge in [-0.3, -0.25) is 0 Å². The second-order valence-electron chi connectivity index (χ2n) is 4.07. The van der Waals surface area contributed by atoms with Crippen LogP contribution in [0.3, 0.4) is 0 Å². The number of para-hydroxylation sites is 1. The Balaban J connectivity index is 2.09. The Morgan fingerprint density at radius 2 is 1.79 bits per heavy atom. The van der Waals surface area contributed by atoms with Crippen molar-refractivity contribution >= 4 is 34.0 Å². The molecule has 2 N–H and O–H groups in total. The molecule has 0 saturated heterocycles. The van der Waals surface area contributed by atoms with Crippen LogP contribution < -0.4 is 11.0 Å². The van der Waals surface area contributed by atoms with Crippen molar-refractivity contribution in [3.63, 3.8) is 0 Å². The molecule has 19 heavy (non-hydrogen) atoms. The lowest BCUT2D eigenvalue weighted by Crippen LogP contribution is -2.12. The lowest BCUT2D eigenvalue weighted by molar-refractivity contribution is 1.12. The standard InChI is InChI=1S/C14H10ClN3O/c15-9-5-7-10(8-6-9)16-13-11-3-1-2-4-12(11)17-14(19)18-13/h1-8H,(H2,16,17,18,19). The van der Waals surface area contributed by atoms with E-state index < -0.39 is 0 Å². The molecule has 1 aromatic heterocycles. The third kappa shape index (κ3) is 2.44. The molecule has 0 radical (unpaired) electrons. The summed E-state index contributed by atoms with van der Waals surface area (Å²) in [6.45, 7) is 0. The molecule has 0 saturated carbocycles. The molecule has 0 fully saturated rings. The fourth-order valence-corrected chi connectivity index (χ4v) is 1.99. The van der Waals surface area contributed by atoms with Crippen molar-refractivity contribution in [1.29, 1.82) is 0 Å². The zero-order valence-electron chi connectivity index (χ0n) is 9.85. The Hall–Kier alpha value is -2.33. The highest BCUT2D eigenvalue weighted by molar-refractivity contribution is 6.30. The number of halogens is 1. The van der Waals surface area contributed by atoms with Gasteiger partial charge in [0, 0.05) is 16.1 Å². The molecule has 0 spiro atoms. The third-order valence-electron chi connectivity index (χ3n) is 2.74. The molecule has 3 aromatic rings. The smallest absolute Gasteiger partial charge is 0.339 e. The van der Waals surface area contributed by atoms with Gasteiger partial charge in [0.1, 0.15) is 5.82 Å². The molecule has 0 atom stereocenters. The van der Waals surface area contributed by atoms with E-state index in [9.17, 15) is 4.79 Å². The summed E-state index contributed by atoms with van der Waals surface area (Å²) in [7, 11) is 0. The van der Waals surface area contributed by atoms with Crippen LogP contribution >= 0.6 is 11.6 Å². The minimum absolute atomic E-state index is 0.379. The lowest BCUT2D eigenvalue weighted by Gasteiger charge is -2.08. The SMILES string of the molecule is O=c1nc(Nc2ccc(Cl)cc2)c2ccccc2[nH]1. The lowest BCUT2D eigenvalue weighted by atomic mass is 10.2. The van der Waals surface area contributed by atoms with E-state index in [-0.39, 0.29) is 5.69 Å². The first-order chi connectivity index (χ1) is 9.22. The molecular weight excluding hydrogens is 262 g/mol. The van der Waals surface area contributed by atoms with Crippen LogP contribution in [0.1, 0.15) is 0 Å². The average Bonchev–Trinajstić information content (AvgIpc) is 2.41. The minimum atomic E-state index is -0.379. The Labute approximate surface area is 114 Å². The van der Waals surface area contributed by atoms with Gasteiger partial charge in [0.05, 0.1) is 5.52 Å². The van der Waals surface area contributed by atoms with Gasteiger partial charge >= 0.3 is 5.69 Å². The molecule has 0 aliphatic carbocycles. The molecule has 94 valence electrons. The van der Waals surface area contributed by atoms with Crippen molar-refractivity contribution < 1.29 is 0 Å². The fraction of sp³-hybridized carbons (Fsp3) is 0. The number of aromatic amines is 1. The topological polar surface area (TPSA) is 57.8 Å². The average molecular weight is 272 g/mol. The molecule has 0 aliphatic rings. The van der Waals surface area contributed by atoms with Gasteiger partial charge in [-0.1, -0.05) is 23.7 Å². The number of hydrogen-bond donors (Lipinski definition) is 2. The number of H-pyrrole nitrogens is 1. The molecule has 4 nitrogen and oxygen atoms in total. The highest BCUT2D eigenvalue weighted by Gasteiger charge is 2.04. The highest BCUT2D eigenvalue weighted by Crippen LogP contribution is 2.22. The second kappa shape index (κ2) is 4.74. The van der Waals surface area contributed by atoms with Crippen molar-refractivity contribution in [2.75, 3.05) is 5.32 Å². The summed E-state index contributed by atoms with van der Waals surface area (Å²) in [5, 5.41) is 4.64. The summed E-state index contributed by atoms with van der Waals surface area (Å²) in [4.78, 5) is 18.2. The zero-order chi connectivity index (χ0) is 13.2. The van der Waals surface area contributed by atoms with Crippen molar-refractivity contribution in [1.82, 2.24) is 9.97 Å². The summed E-state index contributed by atoms with van der Waals surface area (Å²) in [6.07, 6.45) is 0. The maximum absolute atomic E-state index is 11.5. The first-order valence-corrected chi connectivity index (χ1v) is 6.12.